The number of halogens is 4. The number of rotatable bonds is 7. The Kier molecular flexibility index (Phi) is 5.79. The van der Waals surface area contributed by atoms with E-state index in [2.05, 4.69) is 21.6 Å². The Bertz CT molecular complexity index is 1100. The van der Waals surface area contributed by atoms with Crippen LogP contribution in [0.4, 0.5) is 18.9 Å². The number of benzene rings is 1. The van der Waals surface area contributed by atoms with Crippen molar-refractivity contribution < 1.29 is 18.0 Å². The Balaban J connectivity index is 1.37. The van der Waals surface area contributed by atoms with Gasteiger partial charge in [-0.05, 0) is 25.3 Å². The van der Waals surface area contributed by atoms with Crippen molar-refractivity contribution in [3.05, 3.63) is 64.2 Å². The van der Waals surface area contributed by atoms with E-state index in [0.29, 0.717) is 17.9 Å². The van der Waals surface area contributed by atoms with Gasteiger partial charge in [-0.25, -0.2) is 0 Å². The second-order valence-electron chi connectivity index (χ2n) is 7.76. The lowest BCUT2D eigenvalue weighted by atomic mass is 10.1. The molecular formula is C21H21ClF3N5O. The van der Waals surface area contributed by atoms with Crippen LogP contribution in [0.2, 0.25) is 5.02 Å². The summed E-state index contributed by atoms with van der Waals surface area (Å²) in [5, 5.41) is 10.3. The zero-order valence-electron chi connectivity index (χ0n) is 16.8. The molecule has 0 atom stereocenters. The van der Waals surface area contributed by atoms with E-state index in [1.165, 1.54) is 10.9 Å². The van der Waals surface area contributed by atoms with Gasteiger partial charge in [0.2, 0.25) is 5.91 Å². The maximum Gasteiger partial charge on any atom is 0.436 e. The highest BCUT2D eigenvalue weighted by Crippen LogP contribution is 2.46. The number of carbonyl (C=O) groups excluding carboxylic acids is 1. The molecule has 0 spiro atoms. The highest BCUT2D eigenvalue weighted by molar-refractivity contribution is 6.32. The first-order chi connectivity index (χ1) is 14.7. The number of carbonyl (C=O) groups is 1. The summed E-state index contributed by atoms with van der Waals surface area (Å²) in [4.78, 5) is 12.3. The summed E-state index contributed by atoms with van der Waals surface area (Å²) in [5.41, 5.74) is 2.04. The van der Waals surface area contributed by atoms with Gasteiger partial charge in [0.25, 0.3) is 0 Å². The molecule has 31 heavy (non-hydrogen) atoms. The summed E-state index contributed by atoms with van der Waals surface area (Å²) in [7, 11) is 0. The summed E-state index contributed by atoms with van der Waals surface area (Å²) in [6.45, 7) is 2.59. The molecule has 1 saturated carbocycles. The first-order valence-electron chi connectivity index (χ1n) is 9.92. The summed E-state index contributed by atoms with van der Waals surface area (Å²) >= 11 is 5.96. The van der Waals surface area contributed by atoms with Crippen LogP contribution < -0.4 is 5.32 Å². The van der Waals surface area contributed by atoms with Crippen molar-refractivity contribution in [3.8, 4) is 0 Å². The Morgan fingerprint density at radius 3 is 2.77 bits per heavy atom. The van der Waals surface area contributed by atoms with Crippen LogP contribution in [0.5, 0.6) is 0 Å². The summed E-state index contributed by atoms with van der Waals surface area (Å²) in [6.07, 6.45) is 0.139. The molecule has 1 aliphatic rings. The summed E-state index contributed by atoms with van der Waals surface area (Å²) < 4.78 is 42.4. The number of alkyl halides is 3. The number of amides is 1. The molecule has 3 aromatic rings. The quantitative estimate of drug-likeness (QED) is 0.549. The van der Waals surface area contributed by atoms with Gasteiger partial charge in [-0.1, -0.05) is 41.4 Å². The van der Waals surface area contributed by atoms with Crippen molar-refractivity contribution in [3.63, 3.8) is 0 Å². The largest absolute Gasteiger partial charge is 0.436 e. The SMILES string of the molecule is Cc1cccc(Cn2cc(NC(=O)CCn3nc(C(F)(F)F)c(Cl)c3C3CC3)cn2)c1. The average Bonchev–Trinajstić information content (AvgIpc) is 3.33. The van der Waals surface area contributed by atoms with Crippen molar-refractivity contribution in [2.75, 3.05) is 5.32 Å². The molecule has 1 amide bonds. The molecule has 164 valence electrons. The Labute approximate surface area is 182 Å². The molecule has 0 unspecified atom stereocenters. The van der Waals surface area contributed by atoms with E-state index in [9.17, 15) is 18.0 Å². The van der Waals surface area contributed by atoms with Crippen molar-refractivity contribution in [2.45, 2.75) is 51.4 Å². The molecule has 1 fully saturated rings. The maximum absolute atomic E-state index is 13.1. The predicted molar refractivity (Wildman–Crippen MR) is 110 cm³/mol. The summed E-state index contributed by atoms with van der Waals surface area (Å²) in [6, 6.07) is 8.03. The van der Waals surface area contributed by atoms with Crippen LogP contribution in [0.3, 0.4) is 0 Å². The molecular weight excluding hydrogens is 431 g/mol. The van der Waals surface area contributed by atoms with Crippen molar-refractivity contribution in [2.24, 2.45) is 0 Å². The summed E-state index contributed by atoms with van der Waals surface area (Å²) in [5.74, 6) is -0.365. The van der Waals surface area contributed by atoms with Crippen molar-refractivity contribution in [1.82, 2.24) is 19.6 Å². The Hall–Kier alpha value is -2.81. The minimum Gasteiger partial charge on any atom is -0.323 e. The Morgan fingerprint density at radius 2 is 2.10 bits per heavy atom. The van der Waals surface area contributed by atoms with Crippen LogP contribution in [-0.4, -0.2) is 25.5 Å². The van der Waals surface area contributed by atoms with Gasteiger partial charge in [-0.3, -0.25) is 14.2 Å². The molecule has 0 radical (unpaired) electrons. The van der Waals surface area contributed by atoms with E-state index >= 15 is 0 Å². The van der Waals surface area contributed by atoms with Crippen molar-refractivity contribution >= 4 is 23.2 Å². The number of nitrogens with one attached hydrogen (secondary N) is 1. The van der Waals surface area contributed by atoms with Crippen LogP contribution in [0.15, 0.2) is 36.7 Å². The zero-order valence-corrected chi connectivity index (χ0v) is 17.5. The highest BCUT2D eigenvalue weighted by Gasteiger charge is 2.42. The lowest BCUT2D eigenvalue weighted by Crippen LogP contribution is -2.16. The molecule has 1 aliphatic carbocycles. The van der Waals surface area contributed by atoms with E-state index in [-0.39, 0.29) is 29.8 Å². The number of anilines is 1. The van der Waals surface area contributed by atoms with Gasteiger partial charge < -0.3 is 5.32 Å². The van der Waals surface area contributed by atoms with Crippen LogP contribution in [-0.2, 0) is 24.1 Å². The van der Waals surface area contributed by atoms with Gasteiger partial charge >= 0.3 is 6.18 Å². The standard InChI is InChI=1S/C21H21ClF3N5O/c1-13-3-2-4-14(9-13)11-29-12-16(10-26-29)27-17(31)7-8-30-19(15-5-6-15)18(22)20(28-30)21(23,24)25/h2-4,9-10,12,15H,5-8,11H2,1H3,(H,27,31). The fourth-order valence-electron chi connectivity index (χ4n) is 3.49. The smallest absolute Gasteiger partial charge is 0.323 e. The fourth-order valence-corrected chi connectivity index (χ4v) is 3.89. The first-order valence-corrected chi connectivity index (χ1v) is 10.3. The number of hydrogen-bond donors (Lipinski definition) is 1. The van der Waals surface area contributed by atoms with E-state index in [1.54, 1.807) is 10.9 Å². The van der Waals surface area contributed by atoms with E-state index in [4.69, 9.17) is 11.6 Å². The number of hydrogen-bond acceptors (Lipinski definition) is 3. The first kappa shape index (κ1) is 21.4. The van der Waals surface area contributed by atoms with Crippen LogP contribution >= 0.6 is 11.6 Å². The van der Waals surface area contributed by atoms with Crippen LogP contribution in [0.25, 0.3) is 0 Å². The highest BCUT2D eigenvalue weighted by atomic mass is 35.5. The van der Waals surface area contributed by atoms with Gasteiger partial charge in [0.05, 0.1) is 35.7 Å². The van der Waals surface area contributed by atoms with Gasteiger partial charge in [-0.2, -0.15) is 23.4 Å². The fraction of sp³-hybridized carbons (Fsp3) is 0.381. The molecule has 6 nitrogen and oxygen atoms in total. The van der Waals surface area contributed by atoms with E-state index in [1.807, 2.05) is 25.1 Å². The number of nitrogens with zero attached hydrogens (tertiary/aromatic N) is 4. The third-order valence-electron chi connectivity index (χ3n) is 5.06. The van der Waals surface area contributed by atoms with Crippen LogP contribution in [0.1, 0.15) is 47.7 Å². The molecule has 2 aromatic heterocycles. The topological polar surface area (TPSA) is 64.7 Å². The normalized spacial score (nSPS) is 14.1. The molecule has 1 aromatic carbocycles. The molecule has 0 aliphatic heterocycles. The van der Waals surface area contributed by atoms with Gasteiger partial charge in [0, 0.05) is 18.5 Å². The molecule has 4 rings (SSSR count). The monoisotopic (exact) mass is 451 g/mol. The molecule has 0 saturated heterocycles. The Morgan fingerprint density at radius 1 is 1.32 bits per heavy atom. The molecule has 2 heterocycles. The average molecular weight is 452 g/mol. The maximum atomic E-state index is 13.1. The predicted octanol–water partition coefficient (Wildman–Crippen LogP) is 5.01. The zero-order chi connectivity index (χ0) is 22.2. The molecule has 1 N–H and O–H groups in total. The lowest BCUT2D eigenvalue weighted by Gasteiger charge is -2.07. The van der Waals surface area contributed by atoms with Gasteiger partial charge in [0.15, 0.2) is 5.69 Å². The third-order valence-corrected chi connectivity index (χ3v) is 5.43. The van der Waals surface area contributed by atoms with E-state index < -0.39 is 11.9 Å². The minimum absolute atomic E-state index is 0.0187. The lowest BCUT2D eigenvalue weighted by molar-refractivity contribution is -0.141. The van der Waals surface area contributed by atoms with Gasteiger partial charge in [0.1, 0.15) is 0 Å². The van der Waals surface area contributed by atoms with Crippen LogP contribution in [0, 0.1) is 6.92 Å². The third kappa shape index (κ3) is 5.10. The van der Waals surface area contributed by atoms with Crippen molar-refractivity contribution in [1.29, 1.82) is 0 Å². The number of aryl methyl sites for hydroxylation is 2. The number of aromatic nitrogens is 4. The molecule has 0 bridgehead atoms. The second kappa shape index (κ2) is 8.37. The van der Waals surface area contributed by atoms with E-state index in [0.717, 1.165) is 24.0 Å². The second-order valence-corrected chi connectivity index (χ2v) is 8.13. The minimum atomic E-state index is -4.62. The molecule has 10 heteroatoms. The van der Waals surface area contributed by atoms with Gasteiger partial charge in [-0.15, -0.1) is 0 Å².